The number of benzene rings is 3. The van der Waals surface area contributed by atoms with Crippen molar-refractivity contribution in [1.29, 1.82) is 0 Å². The zero-order valence-electron chi connectivity index (χ0n) is 17.4. The summed E-state index contributed by atoms with van der Waals surface area (Å²) >= 11 is 0. The predicted octanol–water partition coefficient (Wildman–Crippen LogP) is 4.88. The summed E-state index contributed by atoms with van der Waals surface area (Å²) in [4.78, 5) is 18.9. The molecule has 0 fully saturated rings. The number of H-pyrrole nitrogens is 1. The van der Waals surface area contributed by atoms with E-state index < -0.39 is 5.60 Å². The first-order chi connectivity index (χ1) is 14.4. The van der Waals surface area contributed by atoms with Crippen molar-refractivity contribution in [3.05, 3.63) is 100 Å². The summed E-state index contributed by atoms with van der Waals surface area (Å²) in [6.07, 6.45) is 0. The second-order valence-electron chi connectivity index (χ2n) is 8.22. The van der Waals surface area contributed by atoms with Gasteiger partial charge in [0.15, 0.2) is 5.60 Å². The van der Waals surface area contributed by atoms with Crippen molar-refractivity contribution in [3.8, 4) is 0 Å². The Labute approximate surface area is 175 Å². The third-order valence-electron chi connectivity index (χ3n) is 6.22. The fraction of sp³-hybridized carbons (Fsp3) is 0.192. The highest BCUT2D eigenvalue weighted by Crippen LogP contribution is 2.48. The molecule has 1 aliphatic rings. The topological polar surface area (TPSA) is 56.3 Å². The summed E-state index contributed by atoms with van der Waals surface area (Å²) in [6, 6.07) is 21.6. The van der Waals surface area contributed by atoms with E-state index in [1.807, 2.05) is 55.5 Å². The van der Waals surface area contributed by atoms with Gasteiger partial charge in [-0.05, 0) is 44.0 Å². The van der Waals surface area contributed by atoms with Gasteiger partial charge >= 0.3 is 0 Å². The lowest BCUT2D eigenvalue weighted by atomic mass is 9.85. The van der Waals surface area contributed by atoms with Gasteiger partial charge in [-0.2, -0.15) is 0 Å². The fourth-order valence-electron chi connectivity index (χ4n) is 4.77. The summed E-state index contributed by atoms with van der Waals surface area (Å²) in [5.74, 6) is -0.309. The lowest BCUT2D eigenvalue weighted by molar-refractivity contribution is -0.132. The van der Waals surface area contributed by atoms with Gasteiger partial charge in [0.25, 0.3) is 5.91 Å². The molecule has 4 heteroatoms. The van der Waals surface area contributed by atoms with Crippen LogP contribution in [0.5, 0.6) is 0 Å². The van der Waals surface area contributed by atoms with Crippen LogP contribution in [-0.4, -0.2) is 16.0 Å². The molecule has 3 aromatic carbocycles. The number of hydrogen-bond donors (Lipinski definition) is 2. The molecule has 0 spiro atoms. The highest BCUT2D eigenvalue weighted by molar-refractivity contribution is 6.11. The molecule has 0 saturated heterocycles. The molecule has 5 rings (SSSR count). The second kappa shape index (κ2) is 6.57. The van der Waals surface area contributed by atoms with Crippen molar-refractivity contribution < 1.29 is 9.90 Å². The average Bonchev–Trinajstić information content (AvgIpc) is 3.17. The molecule has 2 heterocycles. The Kier molecular flexibility index (Phi) is 4.09. The molecule has 0 radical (unpaired) electrons. The molecular weight excluding hydrogens is 372 g/mol. The van der Waals surface area contributed by atoms with Gasteiger partial charge in [0.2, 0.25) is 0 Å². The molecule has 0 saturated carbocycles. The number of fused-ring (bicyclic) bond motifs is 2. The van der Waals surface area contributed by atoms with E-state index >= 15 is 0 Å². The van der Waals surface area contributed by atoms with Gasteiger partial charge in [-0.3, -0.25) is 4.79 Å². The van der Waals surface area contributed by atoms with E-state index in [9.17, 15) is 9.90 Å². The first kappa shape index (κ1) is 18.6. The highest BCUT2D eigenvalue weighted by atomic mass is 16.3. The molecule has 0 aliphatic carbocycles. The van der Waals surface area contributed by atoms with Crippen LogP contribution < -0.4 is 4.90 Å². The first-order valence-electron chi connectivity index (χ1n) is 10.2. The SMILES string of the molecule is Cc1ccc(CN2C(=O)C(O)(c3c(C)[nH]c4ccccc34)c3ccccc32)c(C)c1. The Balaban J connectivity index is 1.69. The maximum absolute atomic E-state index is 13.8. The van der Waals surface area contributed by atoms with Gasteiger partial charge in [-0.15, -0.1) is 0 Å². The number of anilines is 1. The molecule has 1 amide bonds. The number of carbonyl (C=O) groups is 1. The van der Waals surface area contributed by atoms with Crippen LogP contribution in [0.1, 0.15) is 33.5 Å². The first-order valence-corrected chi connectivity index (χ1v) is 10.2. The van der Waals surface area contributed by atoms with Crippen molar-refractivity contribution in [3.63, 3.8) is 0 Å². The van der Waals surface area contributed by atoms with E-state index in [0.29, 0.717) is 17.7 Å². The molecule has 1 aliphatic heterocycles. The van der Waals surface area contributed by atoms with Crippen LogP contribution >= 0.6 is 0 Å². The molecule has 150 valence electrons. The minimum Gasteiger partial charge on any atom is -0.372 e. The molecule has 30 heavy (non-hydrogen) atoms. The Morgan fingerprint density at radius 3 is 2.50 bits per heavy atom. The Hall–Kier alpha value is -3.37. The van der Waals surface area contributed by atoms with Crippen LogP contribution in [0, 0.1) is 20.8 Å². The van der Waals surface area contributed by atoms with Crippen molar-refractivity contribution >= 4 is 22.5 Å². The third kappa shape index (κ3) is 2.54. The lowest BCUT2D eigenvalue weighted by Gasteiger charge is -2.24. The van der Waals surface area contributed by atoms with E-state index in [1.165, 1.54) is 5.56 Å². The van der Waals surface area contributed by atoms with Crippen molar-refractivity contribution in [2.45, 2.75) is 32.9 Å². The van der Waals surface area contributed by atoms with Gasteiger partial charge in [0.05, 0.1) is 12.2 Å². The number of nitrogens with one attached hydrogen (secondary N) is 1. The Morgan fingerprint density at radius 2 is 1.70 bits per heavy atom. The van der Waals surface area contributed by atoms with E-state index in [1.54, 1.807) is 4.90 Å². The van der Waals surface area contributed by atoms with Gasteiger partial charge in [-0.1, -0.05) is 60.2 Å². The number of para-hydroxylation sites is 2. The van der Waals surface area contributed by atoms with Gasteiger partial charge in [-0.25, -0.2) is 0 Å². The number of carbonyl (C=O) groups excluding carboxylic acids is 1. The maximum atomic E-state index is 13.8. The summed E-state index contributed by atoms with van der Waals surface area (Å²) in [5.41, 5.74) is 5.42. The summed E-state index contributed by atoms with van der Waals surface area (Å²) in [7, 11) is 0. The monoisotopic (exact) mass is 396 g/mol. The van der Waals surface area contributed by atoms with Gasteiger partial charge < -0.3 is 15.0 Å². The van der Waals surface area contributed by atoms with Crippen LogP contribution in [0.15, 0.2) is 66.7 Å². The maximum Gasteiger partial charge on any atom is 0.268 e. The largest absolute Gasteiger partial charge is 0.372 e. The van der Waals surface area contributed by atoms with Crippen LogP contribution in [0.25, 0.3) is 10.9 Å². The molecule has 1 unspecified atom stereocenters. The van der Waals surface area contributed by atoms with Crippen LogP contribution in [0.4, 0.5) is 5.69 Å². The van der Waals surface area contributed by atoms with Crippen LogP contribution in [0.3, 0.4) is 0 Å². The van der Waals surface area contributed by atoms with Crippen LogP contribution in [-0.2, 0) is 16.9 Å². The Morgan fingerprint density at radius 1 is 0.967 bits per heavy atom. The van der Waals surface area contributed by atoms with Crippen LogP contribution in [0.2, 0.25) is 0 Å². The zero-order valence-corrected chi connectivity index (χ0v) is 17.4. The van der Waals surface area contributed by atoms with Crippen molar-refractivity contribution in [2.24, 2.45) is 0 Å². The van der Waals surface area contributed by atoms with E-state index in [0.717, 1.165) is 33.4 Å². The molecular formula is C26H24N2O2. The molecule has 0 bridgehead atoms. The second-order valence-corrected chi connectivity index (χ2v) is 8.22. The minimum atomic E-state index is -1.72. The number of aliphatic hydroxyl groups is 1. The minimum absolute atomic E-state index is 0.309. The van der Waals surface area contributed by atoms with Gasteiger partial charge in [0.1, 0.15) is 0 Å². The number of rotatable bonds is 3. The summed E-state index contributed by atoms with van der Waals surface area (Å²) in [6.45, 7) is 6.46. The van der Waals surface area contributed by atoms with Gasteiger partial charge in [0, 0.05) is 27.7 Å². The normalized spacial score (nSPS) is 18.3. The molecule has 4 aromatic rings. The standard InChI is InChI=1S/C26H24N2O2/c1-16-12-13-19(17(2)14-16)15-28-23-11-7-5-9-21(23)26(30,25(28)29)24-18(3)27-22-10-6-4-8-20(22)24/h4-14,27,30H,15H2,1-3H3. The highest BCUT2D eigenvalue weighted by Gasteiger charge is 2.52. The predicted molar refractivity (Wildman–Crippen MR) is 120 cm³/mol. The molecule has 1 aromatic heterocycles. The number of aryl methyl sites for hydroxylation is 3. The van der Waals surface area contributed by atoms with E-state index in [2.05, 4.69) is 37.0 Å². The third-order valence-corrected chi connectivity index (χ3v) is 6.22. The molecule has 1 atom stereocenters. The molecule has 4 nitrogen and oxygen atoms in total. The summed E-state index contributed by atoms with van der Waals surface area (Å²) < 4.78 is 0. The molecule has 2 N–H and O–H groups in total. The number of nitrogens with zero attached hydrogens (tertiary/aromatic N) is 1. The van der Waals surface area contributed by atoms with E-state index in [4.69, 9.17) is 0 Å². The number of aromatic amines is 1. The Bertz CT molecular complexity index is 1300. The fourth-order valence-corrected chi connectivity index (χ4v) is 4.77. The average molecular weight is 396 g/mol. The number of amides is 1. The zero-order chi connectivity index (χ0) is 21.0. The van der Waals surface area contributed by atoms with Crippen molar-refractivity contribution in [2.75, 3.05) is 4.90 Å². The smallest absolute Gasteiger partial charge is 0.268 e. The van der Waals surface area contributed by atoms with Crippen molar-refractivity contribution in [1.82, 2.24) is 4.98 Å². The number of aromatic nitrogens is 1. The lowest BCUT2D eigenvalue weighted by Crippen LogP contribution is -2.41. The quantitative estimate of drug-likeness (QED) is 0.519. The van der Waals surface area contributed by atoms with E-state index in [-0.39, 0.29) is 5.91 Å². The number of hydrogen-bond acceptors (Lipinski definition) is 2. The summed E-state index contributed by atoms with van der Waals surface area (Å²) in [5, 5.41) is 12.9.